The lowest BCUT2D eigenvalue weighted by atomic mass is 9.63. The molecule has 1 aromatic heterocycles. The van der Waals surface area contributed by atoms with E-state index in [9.17, 15) is 9.90 Å². The maximum atomic E-state index is 12.5. The van der Waals surface area contributed by atoms with Crippen LogP contribution in [0.5, 0.6) is 5.75 Å². The molecule has 7 nitrogen and oxygen atoms in total. The van der Waals surface area contributed by atoms with Gasteiger partial charge in [0.1, 0.15) is 12.9 Å². The number of phenols is 1. The molecule has 2 atom stereocenters. The lowest BCUT2D eigenvalue weighted by Crippen LogP contribution is -2.47. The van der Waals surface area contributed by atoms with Gasteiger partial charge in [-0.25, -0.2) is 0 Å². The van der Waals surface area contributed by atoms with Crippen LogP contribution < -0.4 is 0 Å². The molecule has 0 bridgehead atoms. The van der Waals surface area contributed by atoms with E-state index >= 15 is 0 Å². The quantitative estimate of drug-likeness (QED) is 0.609. The van der Waals surface area contributed by atoms with E-state index in [0.29, 0.717) is 29.7 Å². The Balaban J connectivity index is 1.63. The largest absolute Gasteiger partial charge is 0.616 e. The summed E-state index contributed by atoms with van der Waals surface area (Å²) in [5.41, 5.74) is 3.41. The van der Waals surface area contributed by atoms with Crippen LogP contribution in [-0.4, -0.2) is 50.1 Å². The Bertz CT molecular complexity index is 1040. The number of phenolic OH excluding ortho intramolecular Hbond substituents is 1. The van der Waals surface area contributed by atoms with Gasteiger partial charge in [-0.3, -0.25) is 4.42 Å². The molecule has 1 spiro atoms. The van der Waals surface area contributed by atoms with Crippen molar-refractivity contribution < 1.29 is 33.0 Å². The van der Waals surface area contributed by atoms with Crippen molar-refractivity contribution in [3.05, 3.63) is 28.5 Å². The first-order chi connectivity index (χ1) is 14.4. The average Bonchev–Trinajstić information content (AvgIpc) is 3.45. The monoisotopic (exact) mass is 415 g/mol. The maximum Gasteiger partial charge on any atom is 0.616 e. The molecule has 3 aliphatic rings. The third kappa shape index (κ3) is 2.49. The number of hydrogen-bond acceptors (Lipinski definition) is 6. The van der Waals surface area contributed by atoms with Crippen molar-refractivity contribution in [3.8, 4) is 5.75 Å². The second-order valence-corrected chi connectivity index (χ2v) is 8.71. The van der Waals surface area contributed by atoms with E-state index in [1.54, 1.807) is 0 Å². The van der Waals surface area contributed by atoms with Gasteiger partial charge in [-0.05, 0) is 43.2 Å². The predicted molar refractivity (Wildman–Crippen MR) is 108 cm³/mol. The molecule has 2 aromatic rings. The summed E-state index contributed by atoms with van der Waals surface area (Å²) >= 11 is 0. The molecule has 1 unspecified atom stereocenters. The minimum absolute atomic E-state index is 0.109. The number of carbonyl (C=O) groups is 1. The molecule has 1 N–H and O–H groups in total. The van der Waals surface area contributed by atoms with Crippen LogP contribution in [0.15, 0.2) is 10.7 Å². The van der Waals surface area contributed by atoms with Crippen LogP contribution in [-0.2, 0) is 25.1 Å². The topological polar surface area (TPSA) is 89.4 Å². The van der Waals surface area contributed by atoms with E-state index in [-0.39, 0.29) is 23.7 Å². The molecule has 1 aromatic carbocycles. The Labute approximate surface area is 174 Å². The van der Waals surface area contributed by atoms with Gasteiger partial charge in [-0.2, -0.15) is 0 Å². The van der Waals surface area contributed by atoms with E-state index in [4.69, 9.17) is 23.1 Å². The number of carbonyl (C=O) groups excluding carboxylic acids is 2. The van der Waals surface area contributed by atoms with Crippen molar-refractivity contribution in [2.24, 2.45) is 5.41 Å². The van der Waals surface area contributed by atoms with Gasteiger partial charge >= 0.3 is 5.97 Å². The highest BCUT2D eigenvalue weighted by atomic mass is 16.7. The van der Waals surface area contributed by atoms with Crippen LogP contribution in [0.2, 0.25) is 0 Å². The number of rotatable bonds is 3. The Morgan fingerprint density at radius 3 is 2.87 bits per heavy atom. The molecule has 2 aliphatic carbocycles. The Morgan fingerprint density at radius 1 is 1.37 bits per heavy atom. The molecule has 2 fully saturated rings. The highest BCUT2D eigenvalue weighted by Crippen LogP contribution is 2.65. The zero-order chi connectivity index (χ0) is 21.1. The summed E-state index contributed by atoms with van der Waals surface area (Å²) in [6.45, 7) is 5.63. The summed E-state index contributed by atoms with van der Waals surface area (Å²) in [5.74, 6) is -0.865. The van der Waals surface area contributed by atoms with Gasteiger partial charge in [0, 0.05) is 29.9 Å². The SMILES string of the molecule is COCC=[O+]C(=O)c1coc2c(O)c3c(c(C)c12)CCC1(C)[C@H]3CCC12OCCO2. The van der Waals surface area contributed by atoms with Crippen molar-refractivity contribution in [1.29, 1.82) is 0 Å². The fourth-order valence-corrected chi connectivity index (χ4v) is 5.96. The van der Waals surface area contributed by atoms with Gasteiger partial charge < -0.3 is 23.7 Å². The highest BCUT2D eigenvalue weighted by molar-refractivity contribution is 6.06. The Hall–Kier alpha value is -2.22. The fraction of sp³-hybridized carbons (Fsp3) is 0.565. The molecule has 0 radical (unpaired) electrons. The third-order valence-corrected chi connectivity index (χ3v) is 7.46. The minimum atomic E-state index is -0.569. The molecule has 2 heterocycles. The lowest BCUT2D eigenvalue weighted by Gasteiger charge is -2.46. The van der Waals surface area contributed by atoms with E-state index in [0.717, 1.165) is 42.4 Å². The number of ether oxygens (including phenoxy) is 3. The van der Waals surface area contributed by atoms with Crippen molar-refractivity contribution >= 4 is 23.2 Å². The van der Waals surface area contributed by atoms with Crippen molar-refractivity contribution in [2.45, 2.75) is 51.2 Å². The second kappa shape index (κ2) is 6.90. The number of hydrogen-bond donors (Lipinski definition) is 1. The summed E-state index contributed by atoms with van der Waals surface area (Å²) in [6.07, 6.45) is 6.04. The number of aryl methyl sites for hydroxylation is 1. The number of furan rings is 1. The average molecular weight is 415 g/mol. The lowest BCUT2D eigenvalue weighted by molar-refractivity contribution is -0.341. The number of benzene rings is 1. The molecule has 7 heteroatoms. The smallest absolute Gasteiger partial charge is 0.504 e. The molecular weight excluding hydrogens is 388 g/mol. The van der Waals surface area contributed by atoms with Crippen molar-refractivity contribution in [3.63, 3.8) is 0 Å². The first-order valence-electron chi connectivity index (χ1n) is 10.5. The van der Waals surface area contributed by atoms with E-state index in [2.05, 4.69) is 6.92 Å². The van der Waals surface area contributed by atoms with E-state index in [1.165, 1.54) is 19.7 Å². The molecule has 1 saturated heterocycles. The number of aromatic hydroxyl groups is 1. The maximum absolute atomic E-state index is 12.5. The van der Waals surface area contributed by atoms with Crippen LogP contribution in [0.4, 0.5) is 0 Å². The zero-order valence-electron chi connectivity index (χ0n) is 17.6. The third-order valence-electron chi connectivity index (χ3n) is 7.46. The van der Waals surface area contributed by atoms with Gasteiger partial charge in [0.2, 0.25) is 6.29 Å². The summed E-state index contributed by atoms with van der Waals surface area (Å²) in [5, 5.41) is 11.9. The van der Waals surface area contributed by atoms with Gasteiger partial charge in [0.25, 0.3) is 0 Å². The summed E-state index contributed by atoms with van der Waals surface area (Å²) in [6, 6.07) is 0. The Kier molecular flexibility index (Phi) is 4.54. The second-order valence-electron chi connectivity index (χ2n) is 8.71. The standard InChI is InChI=1S/C23H26O7/c1-13-14-4-6-22(2)16(5-7-23(22)29-10-11-30-23)18(14)19(24)20-17(13)15(12-28-20)21(25)27-9-8-26-3/h9,12,16H,4-8,10-11H2,1-3H3/p+1/t16-,22?/m0/s1. The zero-order valence-corrected chi connectivity index (χ0v) is 17.6. The Morgan fingerprint density at radius 2 is 2.13 bits per heavy atom. The molecule has 5 rings (SSSR count). The van der Waals surface area contributed by atoms with Gasteiger partial charge in [0.15, 0.2) is 22.7 Å². The number of aldehydes is 1. The minimum Gasteiger partial charge on any atom is -0.504 e. The number of fused-ring (bicyclic) bond motifs is 5. The van der Waals surface area contributed by atoms with Crippen LogP contribution in [0.3, 0.4) is 0 Å². The van der Waals surface area contributed by atoms with Gasteiger partial charge in [0.05, 0.1) is 18.0 Å². The molecule has 1 saturated carbocycles. The summed E-state index contributed by atoms with van der Waals surface area (Å²) in [4.78, 5) is 12.5. The molecule has 160 valence electrons. The molecule has 1 aliphatic heterocycles. The van der Waals surface area contributed by atoms with Crippen LogP contribution in [0.1, 0.15) is 59.2 Å². The van der Waals surface area contributed by atoms with Crippen LogP contribution in [0, 0.1) is 12.3 Å². The van der Waals surface area contributed by atoms with E-state index < -0.39 is 11.8 Å². The van der Waals surface area contributed by atoms with Crippen molar-refractivity contribution in [1.82, 2.24) is 0 Å². The normalized spacial score (nSPS) is 27.2. The first kappa shape index (κ1) is 19.7. The van der Waals surface area contributed by atoms with Crippen LogP contribution >= 0.6 is 0 Å². The van der Waals surface area contributed by atoms with Gasteiger partial charge in [-0.15, -0.1) is 0 Å². The molecular formula is C23H27O7+. The van der Waals surface area contributed by atoms with E-state index in [1.807, 2.05) is 6.92 Å². The summed E-state index contributed by atoms with van der Waals surface area (Å²) < 4.78 is 28.0. The number of methoxy groups -OCH3 is 1. The molecule has 30 heavy (non-hydrogen) atoms. The van der Waals surface area contributed by atoms with Crippen LogP contribution in [0.25, 0.3) is 11.0 Å². The first-order valence-corrected chi connectivity index (χ1v) is 10.5. The molecule has 0 amide bonds. The predicted octanol–water partition coefficient (Wildman–Crippen LogP) is 3.54. The van der Waals surface area contributed by atoms with Gasteiger partial charge in [-0.1, -0.05) is 6.92 Å². The fourth-order valence-electron chi connectivity index (χ4n) is 5.96. The van der Waals surface area contributed by atoms with Crippen molar-refractivity contribution in [2.75, 3.05) is 26.9 Å². The highest BCUT2D eigenvalue weighted by Gasteiger charge is 2.63. The summed E-state index contributed by atoms with van der Waals surface area (Å²) in [7, 11) is 1.52.